The molecule has 0 spiro atoms. The second-order valence-corrected chi connectivity index (χ2v) is 7.95. The van der Waals surface area contributed by atoms with E-state index in [0.717, 1.165) is 11.1 Å². The van der Waals surface area contributed by atoms with E-state index in [0.29, 0.717) is 5.57 Å². The maximum atomic E-state index is 12.8. The van der Waals surface area contributed by atoms with Gasteiger partial charge in [-0.3, -0.25) is 9.59 Å². The fourth-order valence-corrected chi connectivity index (χ4v) is 4.56. The monoisotopic (exact) mass is 388 g/mol. The van der Waals surface area contributed by atoms with Crippen LogP contribution in [0.2, 0.25) is 0 Å². The molecule has 0 saturated carbocycles. The number of ketones is 1. The molecule has 0 aromatic rings. The molecule has 2 aliphatic carbocycles. The Labute approximate surface area is 163 Å². The Balaban J connectivity index is 2.14. The first-order valence-electron chi connectivity index (χ1n) is 9.16. The lowest BCUT2D eigenvalue weighted by Gasteiger charge is -2.34. The van der Waals surface area contributed by atoms with E-state index < -0.39 is 47.6 Å². The first-order valence-corrected chi connectivity index (χ1v) is 9.16. The average molecular weight is 388 g/mol. The largest absolute Gasteiger partial charge is 0.458 e. The van der Waals surface area contributed by atoms with E-state index in [1.165, 1.54) is 26.8 Å². The Morgan fingerprint density at radius 3 is 2.46 bits per heavy atom. The molecule has 0 amide bonds. The molecule has 5 atom stereocenters. The van der Waals surface area contributed by atoms with Crippen LogP contribution in [0.5, 0.6) is 0 Å². The van der Waals surface area contributed by atoms with Gasteiger partial charge in [-0.1, -0.05) is 17.7 Å². The lowest BCUT2D eigenvalue weighted by Crippen LogP contribution is -2.50. The smallest absolute Gasteiger partial charge is 0.351 e. The Bertz CT molecular complexity index is 862. The van der Waals surface area contributed by atoms with E-state index in [2.05, 4.69) is 6.58 Å². The molecule has 0 radical (unpaired) electrons. The average Bonchev–Trinajstić information content (AvgIpc) is 2.93. The van der Waals surface area contributed by atoms with E-state index in [4.69, 9.17) is 14.2 Å². The van der Waals surface area contributed by atoms with E-state index in [-0.39, 0.29) is 17.8 Å². The van der Waals surface area contributed by atoms with Gasteiger partial charge in [-0.25, -0.2) is 9.59 Å². The molecule has 3 aliphatic rings. The van der Waals surface area contributed by atoms with Gasteiger partial charge in [-0.2, -0.15) is 0 Å². The third kappa shape index (κ3) is 2.99. The van der Waals surface area contributed by atoms with Crippen molar-refractivity contribution >= 4 is 23.7 Å². The molecule has 150 valence electrons. The number of ether oxygens (including phenoxy) is 3. The van der Waals surface area contributed by atoms with Crippen molar-refractivity contribution < 1.29 is 33.4 Å². The molecular formula is C21H24O7. The van der Waals surface area contributed by atoms with E-state index in [1.807, 2.05) is 0 Å². The zero-order valence-electron chi connectivity index (χ0n) is 16.7. The van der Waals surface area contributed by atoms with Gasteiger partial charge in [0.25, 0.3) is 0 Å². The Kier molecular flexibility index (Phi) is 4.81. The predicted molar refractivity (Wildman–Crippen MR) is 97.8 cm³/mol. The molecule has 1 fully saturated rings. The van der Waals surface area contributed by atoms with Gasteiger partial charge in [-0.15, -0.1) is 0 Å². The summed E-state index contributed by atoms with van der Waals surface area (Å²) in [7, 11) is 0. The van der Waals surface area contributed by atoms with Crippen molar-refractivity contribution in [2.75, 3.05) is 0 Å². The Morgan fingerprint density at radius 2 is 1.89 bits per heavy atom. The predicted octanol–water partition coefficient (Wildman–Crippen LogP) is 2.20. The van der Waals surface area contributed by atoms with Crippen molar-refractivity contribution in [3.8, 4) is 0 Å². The van der Waals surface area contributed by atoms with Crippen LogP contribution in [0.1, 0.15) is 41.0 Å². The number of hydrogen-bond donors (Lipinski definition) is 0. The minimum atomic E-state index is -1.63. The number of esters is 3. The summed E-state index contributed by atoms with van der Waals surface area (Å²) >= 11 is 0. The normalized spacial score (nSPS) is 34.1. The molecule has 0 N–H and O–H groups in total. The first kappa shape index (κ1) is 20.0. The summed E-state index contributed by atoms with van der Waals surface area (Å²) in [5, 5.41) is 0. The van der Waals surface area contributed by atoms with E-state index in [9.17, 15) is 19.2 Å². The second-order valence-electron chi connectivity index (χ2n) is 7.95. The molecule has 28 heavy (non-hydrogen) atoms. The van der Waals surface area contributed by atoms with Gasteiger partial charge in [0.15, 0.2) is 5.78 Å². The molecule has 1 aliphatic heterocycles. The SMILES string of the molecule is C=C(C)C(=O)O[C@H]1CC(C)=C2C(=O)C=C(C)[C@@H]2[C@H]2OC(=O)[C@](C)(OC(C)=O)[C@@H]21. The minimum Gasteiger partial charge on any atom is -0.458 e. The van der Waals surface area contributed by atoms with Gasteiger partial charge in [0.2, 0.25) is 5.60 Å². The van der Waals surface area contributed by atoms with Crippen LogP contribution in [0, 0.1) is 11.8 Å². The molecule has 0 aromatic carbocycles. The van der Waals surface area contributed by atoms with Gasteiger partial charge in [-0.05, 0) is 33.8 Å². The highest BCUT2D eigenvalue weighted by molar-refractivity contribution is 6.09. The fourth-order valence-electron chi connectivity index (χ4n) is 4.56. The number of carbonyl (C=O) groups is 4. The zero-order chi connectivity index (χ0) is 21.0. The summed E-state index contributed by atoms with van der Waals surface area (Å²) in [6.45, 7) is 11.4. The molecular weight excluding hydrogens is 364 g/mol. The highest BCUT2D eigenvalue weighted by atomic mass is 16.6. The summed E-state index contributed by atoms with van der Waals surface area (Å²) in [6.07, 6.45) is 0.168. The third-order valence-corrected chi connectivity index (χ3v) is 5.72. The van der Waals surface area contributed by atoms with Gasteiger partial charge >= 0.3 is 17.9 Å². The molecule has 0 bridgehead atoms. The van der Waals surface area contributed by atoms with Crippen LogP contribution in [-0.2, 0) is 33.4 Å². The molecule has 1 saturated heterocycles. The summed E-state index contributed by atoms with van der Waals surface area (Å²) in [5.41, 5.74) is 0.663. The quantitative estimate of drug-likeness (QED) is 0.415. The van der Waals surface area contributed by atoms with Crippen LogP contribution < -0.4 is 0 Å². The summed E-state index contributed by atoms with van der Waals surface area (Å²) in [6, 6.07) is 0. The van der Waals surface area contributed by atoms with Crippen LogP contribution in [0.25, 0.3) is 0 Å². The van der Waals surface area contributed by atoms with Crippen molar-refractivity contribution in [1.29, 1.82) is 0 Å². The Morgan fingerprint density at radius 1 is 1.25 bits per heavy atom. The molecule has 7 nitrogen and oxygen atoms in total. The lowest BCUT2D eigenvalue weighted by molar-refractivity contribution is -0.176. The fraction of sp³-hybridized carbons (Fsp3) is 0.524. The van der Waals surface area contributed by atoms with Crippen molar-refractivity contribution in [3.63, 3.8) is 0 Å². The number of hydrogen-bond acceptors (Lipinski definition) is 7. The van der Waals surface area contributed by atoms with Crippen LogP contribution in [0.3, 0.4) is 0 Å². The maximum Gasteiger partial charge on any atom is 0.351 e. The van der Waals surface area contributed by atoms with Gasteiger partial charge < -0.3 is 14.2 Å². The maximum absolute atomic E-state index is 12.8. The number of fused-ring (bicyclic) bond motifs is 3. The highest BCUT2D eigenvalue weighted by Gasteiger charge is 2.65. The second kappa shape index (κ2) is 6.72. The van der Waals surface area contributed by atoms with Crippen molar-refractivity contribution in [1.82, 2.24) is 0 Å². The zero-order valence-corrected chi connectivity index (χ0v) is 16.7. The summed E-state index contributed by atoms with van der Waals surface area (Å²) in [5.74, 6) is -3.32. The minimum absolute atomic E-state index is 0.136. The van der Waals surface area contributed by atoms with E-state index in [1.54, 1.807) is 13.8 Å². The molecule has 1 heterocycles. The molecule has 0 aromatic heterocycles. The number of rotatable bonds is 3. The first-order chi connectivity index (χ1) is 13.0. The van der Waals surface area contributed by atoms with Crippen molar-refractivity contribution in [3.05, 3.63) is 34.9 Å². The van der Waals surface area contributed by atoms with Gasteiger partial charge in [0.1, 0.15) is 12.2 Å². The highest BCUT2D eigenvalue weighted by Crippen LogP contribution is 2.51. The topological polar surface area (TPSA) is 96.0 Å². The van der Waals surface area contributed by atoms with Crippen LogP contribution in [-0.4, -0.2) is 41.5 Å². The molecule has 0 unspecified atom stereocenters. The summed E-state index contributed by atoms with van der Waals surface area (Å²) < 4.78 is 16.7. The lowest BCUT2D eigenvalue weighted by atomic mass is 9.77. The van der Waals surface area contributed by atoms with Crippen molar-refractivity contribution in [2.45, 2.75) is 58.8 Å². The molecule has 3 rings (SSSR count). The summed E-state index contributed by atoms with van der Waals surface area (Å²) in [4.78, 5) is 49.3. The van der Waals surface area contributed by atoms with Gasteiger partial charge in [0.05, 0.1) is 5.92 Å². The third-order valence-electron chi connectivity index (χ3n) is 5.72. The van der Waals surface area contributed by atoms with Crippen molar-refractivity contribution in [2.24, 2.45) is 11.8 Å². The Hall–Kier alpha value is -2.70. The molecule has 7 heteroatoms. The van der Waals surface area contributed by atoms with Gasteiger partial charge in [0, 0.05) is 30.4 Å². The van der Waals surface area contributed by atoms with Crippen LogP contribution in [0.15, 0.2) is 34.9 Å². The number of carbonyl (C=O) groups excluding carboxylic acids is 4. The van der Waals surface area contributed by atoms with Crippen LogP contribution >= 0.6 is 0 Å². The van der Waals surface area contributed by atoms with E-state index >= 15 is 0 Å². The number of allylic oxidation sites excluding steroid dienone is 1. The van der Waals surface area contributed by atoms with Crippen LogP contribution in [0.4, 0.5) is 0 Å². The standard InChI is InChI=1S/C21H24O7/c1-9(2)19(24)26-14-8-11(4)15-13(23)7-10(3)16(15)18-17(14)21(6,20(25)27-18)28-12(5)22/h7,14,16-18H,1,8H2,2-6H3/t14-,16-,17+,18+,21+/m0/s1.